The molecule has 0 unspecified atom stereocenters. The minimum absolute atomic E-state index is 0.0119. The normalized spacial score (nSPS) is 12.3. The molecule has 3 aromatic carbocycles. The van der Waals surface area contributed by atoms with Gasteiger partial charge in [-0.1, -0.05) is 60.7 Å². The first-order valence-electron chi connectivity index (χ1n) is 9.04. The van der Waals surface area contributed by atoms with Crippen LogP contribution in [-0.4, -0.2) is 12.5 Å². The summed E-state index contributed by atoms with van der Waals surface area (Å²) in [5.41, 5.74) is 2.03. The van der Waals surface area contributed by atoms with Gasteiger partial charge in [-0.3, -0.25) is 4.79 Å². The monoisotopic (exact) mass is 399 g/mol. The van der Waals surface area contributed by atoms with Crippen LogP contribution in [0.1, 0.15) is 28.3 Å². The highest BCUT2D eigenvalue weighted by Crippen LogP contribution is 2.31. The molecule has 0 aliphatic carbocycles. The topological polar surface area (TPSA) is 38.3 Å². The summed E-state index contributed by atoms with van der Waals surface area (Å²) in [6, 6.07) is 21.2. The summed E-state index contributed by atoms with van der Waals surface area (Å²) in [5, 5.41) is 2.92. The van der Waals surface area contributed by atoms with Crippen LogP contribution in [0.25, 0.3) is 0 Å². The number of nitrogens with one attached hydrogen (secondary N) is 1. The maximum Gasteiger partial charge on any atom is 0.416 e. The van der Waals surface area contributed by atoms with E-state index in [4.69, 9.17) is 4.74 Å². The van der Waals surface area contributed by atoms with Gasteiger partial charge in [-0.2, -0.15) is 13.2 Å². The summed E-state index contributed by atoms with van der Waals surface area (Å²) in [5.74, 6) is -0.443. The van der Waals surface area contributed by atoms with Crippen LogP contribution >= 0.6 is 0 Å². The van der Waals surface area contributed by atoms with Crippen molar-refractivity contribution in [2.24, 2.45) is 0 Å². The fraction of sp³-hybridized carbons (Fsp3) is 0.174. The zero-order valence-corrected chi connectivity index (χ0v) is 15.7. The van der Waals surface area contributed by atoms with Gasteiger partial charge in [-0.05, 0) is 41.8 Å². The lowest BCUT2D eigenvalue weighted by molar-refractivity contribution is -0.137. The molecule has 6 heteroatoms. The highest BCUT2D eigenvalue weighted by atomic mass is 19.4. The minimum atomic E-state index is -4.47. The van der Waals surface area contributed by atoms with E-state index in [2.05, 4.69) is 5.32 Å². The lowest BCUT2D eigenvalue weighted by Gasteiger charge is -2.22. The van der Waals surface area contributed by atoms with Crippen molar-refractivity contribution in [3.8, 4) is 5.75 Å². The number of ether oxygens (including phenoxy) is 1. The SMILES string of the molecule is Cc1ccccc1[C@@H](NC(=O)COc1cccc(C(F)(F)F)c1)c1ccccc1. The Morgan fingerprint density at radius 1 is 0.966 bits per heavy atom. The minimum Gasteiger partial charge on any atom is -0.484 e. The van der Waals surface area contributed by atoms with Crippen molar-refractivity contribution in [3.05, 3.63) is 101 Å². The molecule has 150 valence electrons. The third-order valence-electron chi connectivity index (χ3n) is 4.47. The molecule has 0 aromatic heterocycles. The second-order valence-corrected chi connectivity index (χ2v) is 6.58. The van der Waals surface area contributed by atoms with Crippen LogP contribution in [0.2, 0.25) is 0 Å². The molecule has 0 fully saturated rings. The van der Waals surface area contributed by atoms with Gasteiger partial charge in [-0.15, -0.1) is 0 Å². The Balaban J connectivity index is 1.74. The van der Waals surface area contributed by atoms with Crippen molar-refractivity contribution in [2.75, 3.05) is 6.61 Å². The average Bonchev–Trinajstić information content (AvgIpc) is 2.71. The average molecular weight is 399 g/mol. The van der Waals surface area contributed by atoms with Crippen molar-refractivity contribution in [3.63, 3.8) is 0 Å². The Bertz CT molecular complexity index is 971. The largest absolute Gasteiger partial charge is 0.484 e. The number of rotatable bonds is 6. The number of aryl methyl sites for hydroxylation is 1. The van der Waals surface area contributed by atoms with Crippen molar-refractivity contribution < 1.29 is 22.7 Å². The van der Waals surface area contributed by atoms with Crippen molar-refractivity contribution in [1.82, 2.24) is 5.32 Å². The Morgan fingerprint density at radius 2 is 1.66 bits per heavy atom. The second-order valence-electron chi connectivity index (χ2n) is 6.58. The molecular weight excluding hydrogens is 379 g/mol. The van der Waals surface area contributed by atoms with Gasteiger partial charge in [0.25, 0.3) is 5.91 Å². The molecule has 0 aliphatic rings. The number of halogens is 3. The Kier molecular flexibility index (Phi) is 6.22. The van der Waals surface area contributed by atoms with Crippen molar-refractivity contribution >= 4 is 5.91 Å². The van der Waals surface area contributed by atoms with E-state index in [1.807, 2.05) is 61.5 Å². The third-order valence-corrected chi connectivity index (χ3v) is 4.47. The number of hydrogen-bond donors (Lipinski definition) is 1. The van der Waals surface area contributed by atoms with Crippen LogP contribution < -0.4 is 10.1 Å². The van der Waals surface area contributed by atoms with E-state index in [0.717, 1.165) is 28.8 Å². The number of benzene rings is 3. The molecule has 3 aromatic rings. The van der Waals surface area contributed by atoms with Gasteiger partial charge in [0.15, 0.2) is 6.61 Å². The van der Waals surface area contributed by atoms with E-state index in [0.29, 0.717) is 0 Å². The fourth-order valence-corrected chi connectivity index (χ4v) is 3.01. The first-order valence-corrected chi connectivity index (χ1v) is 9.04. The quantitative estimate of drug-likeness (QED) is 0.611. The van der Waals surface area contributed by atoms with Gasteiger partial charge in [0.05, 0.1) is 11.6 Å². The van der Waals surface area contributed by atoms with Gasteiger partial charge in [0.2, 0.25) is 0 Å². The van der Waals surface area contributed by atoms with Gasteiger partial charge in [0.1, 0.15) is 5.75 Å². The summed E-state index contributed by atoms with van der Waals surface area (Å²) in [6.45, 7) is 1.56. The standard InChI is InChI=1S/C23H20F3NO2/c1-16-8-5-6-13-20(16)22(17-9-3-2-4-10-17)27-21(28)15-29-19-12-7-11-18(14-19)23(24,25)26/h2-14,22H,15H2,1H3,(H,27,28)/t22-/m0/s1. The third kappa shape index (κ3) is 5.38. The molecule has 0 radical (unpaired) electrons. The predicted octanol–water partition coefficient (Wildman–Crippen LogP) is 5.30. The van der Waals surface area contributed by atoms with E-state index >= 15 is 0 Å². The molecule has 1 amide bonds. The zero-order chi connectivity index (χ0) is 20.9. The van der Waals surface area contributed by atoms with Crippen molar-refractivity contribution in [1.29, 1.82) is 0 Å². The summed E-state index contributed by atoms with van der Waals surface area (Å²) < 4.78 is 43.7. The highest BCUT2D eigenvalue weighted by Gasteiger charge is 2.30. The van der Waals surface area contributed by atoms with Gasteiger partial charge < -0.3 is 10.1 Å². The predicted molar refractivity (Wildman–Crippen MR) is 105 cm³/mol. The molecule has 0 bridgehead atoms. The maximum absolute atomic E-state index is 12.8. The van der Waals surface area contributed by atoms with Crippen LogP contribution in [0.4, 0.5) is 13.2 Å². The van der Waals surface area contributed by atoms with E-state index in [1.54, 1.807) is 0 Å². The van der Waals surface area contributed by atoms with Gasteiger partial charge in [-0.25, -0.2) is 0 Å². The summed E-state index contributed by atoms with van der Waals surface area (Å²) in [4.78, 5) is 12.5. The van der Waals surface area contributed by atoms with E-state index in [1.165, 1.54) is 12.1 Å². The Hall–Kier alpha value is -3.28. The smallest absolute Gasteiger partial charge is 0.416 e. The molecule has 1 atom stereocenters. The summed E-state index contributed by atoms with van der Waals surface area (Å²) >= 11 is 0. The molecular formula is C23H20F3NO2. The van der Waals surface area contributed by atoms with Crippen LogP contribution in [-0.2, 0) is 11.0 Å². The highest BCUT2D eigenvalue weighted by molar-refractivity contribution is 5.78. The first-order chi connectivity index (χ1) is 13.8. The molecule has 1 N–H and O–H groups in total. The lowest BCUT2D eigenvalue weighted by Crippen LogP contribution is -2.33. The van der Waals surface area contributed by atoms with Crippen LogP contribution in [0, 0.1) is 6.92 Å². The molecule has 29 heavy (non-hydrogen) atoms. The van der Waals surface area contributed by atoms with Crippen molar-refractivity contribution in [2.45, 2.75) is 19.1 Å². The van der Waals surface area contributed by atoms with Crippen LogP contribution in [0.5, 0.6) is 5.75 Å². The lowest BCUT2D eigenvalue weighted by atomic mass is 9.95. The molecule has 3 nitrogen and oxygen atoms in total. The van der Waals surface area contributed by atoms with E-state index in [-0.39, 0.29) is 5.75 Å². The molecule has 0 saturated heterocycles. The first kappa shape index (κ1) is 20.5. The maximum atomic E-state index is 12.8. The van der Waals surface area contributed by atoms with E-state index < -0.39 is 30.3 Å². The summed E-state index contributed by atoms with van der Waals surface area (Å²) in [6.07, 6.45) is -4.47. The number of amides is 1. The zero-order valence-electron chi connectivity index (χ0n) is 15.7. The second kappa shape index (κ2) is 8.82. The molecule has 0 heterocycles. The number of hydrogen-bond acceptors (Lipinski definition) is 2. The number of carbonyl (C=O) groups excluding carboxylic acids is 1. The number of alkyl halides is 3. The Labute approximate surface area is 167 Å². The van der Waals surface area contributed by atoms with Crippen LogP contribution in [0.3, 0.4) is 0 Å². The molecule has 3 rings (SSSR count). The van der Waals surface area contributed by atoms with Gasteiger partial charge >= 0.3 is 6.18 Å². The molecule has 0 spiro atoms. The fourth-order valence-electron chi connectivity index (χ4n) is 3.01. The molecule has 0 aliphatic heterocycles. The van der Waals surface area contributed by atoms with E-state index in [9.17, 15) is 18.0 Å². The molecule has 0 saturated carbocycles. The number of carbonyl (C=O) groups is 1. The Morgan fingerprint density at radius 3 is 2.34 bits per heavy atom. The van der Waals surface area contributed by atoms with Crippen LogP contribution in [0.15, 0.2) is 78.9 Å². The summed E-state index contributed by atoms with van der Waals surface area (Å²) in [7, 11) is 0. The van der Waals surface area contributed by atoms with Gasteiger partial charge in [0, 0.05) is 0 Å².